The monoisotopic (exact) mass is 353 g/mol. The van der Waals surface area contributed by atoms with Gasteiger partial charge in [-0.05, 0) is 49.4 Å². The third-order valence-corrected chi connectivity index (χ3v) is 6.30. The van der Waals surface area contributed by atoms with Crippen LogP contribution in [0.1, 0.15) is 32.3 Å². The van der Waals surface area contributed by atoms with Crippen LogP contribution >= 0.6 is 0 Å². The van der Waals surface area contributed by atoms with Gasteiger partial charge in [-0.15, -0.1) is 0 Å². The second kappa shape index (κ2) is 6.63. The van der Waals surface area contributed by atoms with E-state index in [9.17, 15) is 9.90 Å². The van der Waals surface area contributed by atoms with E-state index >= 15 is 0 Å². The summed E-state index contributed by atoms with van der Waals surface area (Å²) in [7, 11) is 0. The van der Waals surface area contributed by atoms with Crippen LogP contribution in [0.15, 0.2) is 36.5 Å². The number of fused-ring (bicyclic) bond motifs is 2. The molecule has 0 saturated carbocycles. The number of hydrogen-bond donors (Lipinski definition) is 1. The van der Waals surface area contributed by atoms with Gasteiger partial charge in [-0.1, -0.05) is 12.1 Å². The average molecular weight is 353 g/mol. The Kier molecular flexibility index (Phi) is 4.45. The Morgan fingerprint density at radius 1 is 1.38 bits per heavy atom. The van der Waals surface area contributed by atoms with E-state index in [-0.39, 0.29) is 18.1 Å². The summed E-state index contributed by atoms with van der Waals surface area (Å²) in [5.74, 6) is 0.599. The average Bonchev–Trinajstić information content (AvgIpc) is 2.93. The number of piperidine rings is 1. The number of carbonyl (C=O) groups is 1. The van der Waals surface area contributed by atoms with Gasteiger partial charge in [-0.3, -0.25) is 14.7 Å². The van der Waals surface area contributed by atoms with E-state index in [2.05, 4.69) is 41.1 Å². The first-order valence-electron chi connectivity index (χ1n) is 9.47. The van der Waals surface area contributed by atoms with Gasteiger partial charge in [0.1, 0.15) is 0 Å². The largest absolute Gasteiger partial charge is 0.394 e. The van der Waals surface area contributed by atoms with Crippen LogP contribution in [0.5, 0.6) is 0 Å². The molecular formula is C21H27N3O2. The number of carbonyl (C=O) groups excluding carboxylic acids is 1. The highest BCUT2D eigenvalue weighted by Gasteiger charge is 2.50. The first-order valence-corrected chi connectivity index (χ1v) is 9.47. The van der Waals surface area contributed by atoms with Crippen LogP contribution in [0.2, 0.25) is 0 Å². The highest BCUT2D eigenvalue weighted by molar-refractivity contribution is 5.78. The number of rotatable bonds is 3. The lowest BCUT2D eigenvalue weighted by molar-refractivity contribution is -0.131. The van der Waals surface area contributed by atoms with E-state index < -0.39 is 0 Å². The van der Waals surface area contributed by atoms with Crippen molar-refractivity contribution in [1.82, 2.24) is 14.8 Å². The summed E-state index contributed by atoms with van der Waals surface area (Å²) in [6.07, 6.45) is 3.74. The van der Waals surface area contributed by atoms with Crippen LogP contribution in [-0.4, -0.2) is 57.1 Å². The summed E-state index contributed by atoms with van der Waals surface area (Å²) in [5, 5.41) is 11.3. The SMILES string of the molecule is CC(=O)N1CC[C@H]2[C@H](C1)C[C@](C)(CO)N2Cc1ccc2ncccc2c1. The fourth-order valence-electron chi connectivity index (χ4n) is 4.88. The van der Waals surface area contributed by atoms with Crippen molar-refractivity contribution < 1.29 is 9.90 Å². The standard InChI is InChI=1S/C21H27N3O2/c1-15(26)23-9-7-20-18(13-23)11-21(2,14-25)24(20)12-16-5-6-19-17(10-16)4-3-8-22-19/h3-6,8,10,18,20,25H,7,9,11-14H2,1-2H3/t18-,20-,21+/m0/s1. The van der Waals surface area contributed by atoms with Gasteiger partial charge in [0.15, 0.2) is 0 Å². The lowest BCUT2D eigenvalue weighted by Crippen LogP contribution is -2.51. The molecule has 1 aromatic heterocycles. The van der Waals surface area contributed by atoms with Crippen molar-refractivity contribution in [2.45, 2.75) is 44.8 Å². The summed E-state index contributed by atoms with van der Waals surface area (Å²) in [5.41, 5.74) is 2.03. The molecule has 5 nitrogen and oxygen atoms in total. The molecule has 4 rings (SSSR count). The summed E-state index contributed by atoms with van der Waals surface area (Å²) in [6, 6.07) is 10.9. The zero-order valence-corrected chi connectivity index (χ0v) is 15.6. The van der Waals surface area contributed by atoms with E-state index in [1.165, 1.54) is 5.56 Å². The molecule has 5 heteroatoms. The molecule has 26 heavy (non-hydrogen) atoms. The van der Waals surface area contributed by atoms with E-state index in [0.29, 0.717) is 12.0 Å². The Morgan fingerprint density at radius 2 is 2.23 bits per heavy atom. The number of aliphatic hydroxyl groups is 1. The predicted molar refractivity (Wildman–Crippen MR) is 102 cm³/mol. The van der Waals surface area contributed by atoms with Crippen molar-refractivity contribution in [3.63, 3.8) is 0 Å². The lowest BCUT2D eigenvalue weighted by Gasteiger charge is -2.40. The van der Waals surface area contributed by atoms with Gasteiger partial charge < -0.3 is 10.0 Å². The minimum atomic E-state index is -0.230. The van der Waals surface area contributed by atoms with Crippen LogP contribution < -0.4 is 0 Å². The quantitative estimate of drug-likeness (QED) is 0.921. The van der Waals surface area contributed by atoms with Crippen molar-refractivity contribution in [2.24, 2.45) is 5.92 Å². The highest BCUT2D eigenvalue weighted by Crippen LogP contribution is 2.42. The number of benzene rings is 1. The minimum Gasteiger partial charge on any atom is -0.394 e. The fraction of sp³-hybridized carbons (Fsp3) is 0.524. The van der Waals surface area contributed by atoms with Gasteiger partial charge in [0.2, 0.25) is 5.91 Å². The summed E-state index contributed by atoms with van der Waals surface area (Å²) in [4.78, 5) is 20.6. The Bertz CT molecular complexity index is 824. The van der Waals surface area contributed by atoms with Gasteiger partial charge in [0, 0.05) is 49.7 Å². The third-order valence-electron chi connectivity index (χ3n) is 6.30. The van der Waals surface area contributed by atoms with Crippen molar-refractivity contribution in [3.8, 4) is 0 Å². The van der Waals surface area contributed by atoms with E-state index in [4.69, 9.17) is 0 Å². The van der Waals surface area contributed by atoms with E-state index in [1.807, 2.05) is 17.2 Å². The number of pyridine rings is 1. The lowest BCUT2D eigenvalue weighted by atomic mass is 9.89. The molecule has 2 aliphatic heterocycles. The highest BCUT2D eigenvalue weighted by atomic mass is 16.3. The number of likely N-dealkylation sites (tertiary alicyclic amines) is 2. The number of hydrogen-bond acceptors (Lipinski definition) is 4. The second-order valence-electron chi connectivity index (χ2n) is 8.10. The van der Waals surface area contributed by atoms with Crippen LogP contribution in [0.25, 0.3) is 10.9 Å². The molecule has 3 atom stereocenters. The Hall–Kier alpha value is -1.98. The molecule has 0 aliphatic carbocycles. The van der Waals surface area contributed by atoms with Crippen molar-refractivity contribution in [3.05, 3.63) is 42.1 Å². The van der Waals surface area contributed by atoms with Crippen molar-refractivity contribution in [2.75, 3.05) is 19.7 Å². The van der Waals surface area contributed by atoms with Crippen LogP contribution in [-0.2, 0) is 11.3 Å². The molecule has 1 aromatic carbocycles. The Labute approximate surface area is 154 Å². The van der Waals surface area contributed by atoms with Crippen LogP contribution in [0, 0.1) is 5.92 Å². The van der Waals surface area contributed by atoms with Crippen molar-refractivity contribution >= 4 is 16.8 Å². The van der Waals surface area contributed by atoms with Gasteiger partial charge in [0.05, 0.1) is 12.1 Å². The maximum atomic E-state index is 11.8. The number of aromatic nitrogens is 1. The molecule has 0 bridgehead atoms. The second-order valence-corrected chi connectivity index (χ2v) is 8.10. The van der Waals surface area contributed by atoms with E-state index in [1.54, 1.807) is 6.92 Å². The molecule has 0 radical (unpaired) electrons. The number of nitrogens with zero attached hydrogens (tertiary/aromatic N) is 3. The van der Waals surface area contributed by atoms with Gasteiger partial charge >= 0.3 is 0 Å². The Morgan fingerprint density at radius 3 is 3.00 bits per heavy atom. The molecule has 2 aromatic rings. The molecule has 2 aliphatic rings. The minimum absolute atomic E-state index is 0.148. The summed E-state index contributed by atoms with van der Waals surface area (Å²) < 4.78 is 0. The van der Waals surface area contributed by atoms with Crippen molar-refractivity contribution in [1.29, 1.82) is 0 Å². The molecule has 3 heterocycles. The predicted octanol–water partition coefficient (Wildman–Crippen LogP) is 2.43. The molecular weight excluding hydrogens is 326 g/mol. The zero-order chi connectivity index (χ0) is 18.3. The first-order chi connectivity index (χ1) is 12.5. The molecule has 0 spiro atoms. The van der Waals surface area contributed by atoms with Gasteiger partial charge in [0.25, 0.3) is 0 Å². The number of amides is 1. The van der Waals surface area contributed by atoms with Crippen LogP contribution in [0.4, 0.5) is 0 Å². The van der Waals surface area contributed by atoms with Gasteiger partial charge in [-0.25, -0.2) is 0 Å². The summed E-state index contributed by atoms with van der Waals surface area (Å²) >= 11 is 0. The first kappa shape index (κ1) is 17.4. The molecule has 1 amide bonds. The molecule has 138 valence electrons. The summed E-state index contributed by atoms with van der Waals surface area (Å²) in [6.45, 7) is 6.41. The molecule has 1 N–H and O–H groups in total. The Balaban J connectivity index is 1.60. The maximum Gasteiger partial charge on any atom is 0.219 e. The van der Waals surface area contributed by atoms with Gasteiger partial charge in [-0.2, -0.15) is 0 Å². The zero-order valence-electron chi connectivity index (χ0n) is 15.6. The fourth-order valence-corrected chi connectivity index (χ4v) is 4.88. The third kappa shape index (κ3) is 2.99. The maximum absolute atomic E-state index is 11.8. The van der Waals surface area contributed by atoms with E-state index in [0.717, 1.165) is 43.4 Å². The smallest absolute Gasteiger partial charge is 0.219 e. The topological polar surface area (TPSA) is 56.7 Å². The number of aliphatic hydroxyl groups excluding tert-OH is 1. The van der Waals surface area contributed by atoms with Crippen LogP contribution in [0.3, 0.4) is 0 Å². The molecule has 0 unspecified atom stereocenters. The normalized spacial score (nSPS) is 29.1. The molecule has 2 saturated heterocycles. The molecule has 2 fully saturated rings.